The molecule has 2 amide bonds. The Hall–Kier alpha value is -2.29. The highest BCUT2D eigenvalue weighted by atomic mass is 19.4. The summed E-state index contributed by atoms with van der Waals surface area (Å²) in [6, 6.07) is 5.95. The largest absolute Gasteiger partial charge is 0.484 e. The quantitative estimate of drug-likeness (QED) is 0.775. The van der Waals surface area contributed by atoms with Crippen LogP contribution in [0, 0.1) is 11.3 Å². The van der Waals surface area contributed by atoms with Gasteiger partial charge in [-0.2, -0.15) is 13.2 Å². The van der Waals surface area contributed by atoms with Crippen LogP contribution in [-0.2, 0) is 9.59 Å². The molecule has 1 aliphatic heterocycles. The Kier molecular flexibility index (Phi) is 5.55. The fraction of sp³-hybridized carbons (Fsp3) is 0.600. The minimum atomic E-state index is -4.41. The van der Waals surface area contributed by atoms with Gasteiger partial charge in [-0.1, -0.05) is 6.92 Å². The number of nitrogens with two attached hydrogens (primary N) is 1. The maximum atomic E-state index is 13.1. The fourth-order valence-electron chi connectivity index (χ4n) is 4.28. The van der Waals surface area contributed by atoms with Crippen molar-refractivity contribution in [1.82, 2.24) is 0 Å². The number of alkyl halides is 3. The van der Waals surface area contributed by atoms with Crippen molar-refractivity contribution in [2.75, 3.05) is 18.1 Å². The number of amides is 2. The zero-order valence-electron chi connectivity index (χ0n) is 16.2. The first-order valence-corrected chi connectivity index (χ1v) is 9.59. The van der Waals surface area contributed by atoms with Crippen LogP contribution < -0.4 is 15.4 Å². The second-order valence-electron chi connectivity index (χ2n) is 8.11. The molecular weight excluding hydrogens is 389 g/mol. The Morgan fingerprint density at radius 2 is 1.79 bits per heavy atom. The van der Waals surface area contributed by atoms with E-state index in [4.69, 9.17) is 10.5 Å². The molecule has 1 aromatic rings. The highest BCUT2D eigenvalue weighted by molar-refractivity contribution is 6.00. The van der Waals surface area contributed by atoms with E-state index in [0.29, 0.717) is 44.3 Å². The second kappa shape index (κ2) is 7.51. The summed E-state index contributed by atoms with van der Waals surface area (Å²) in [6.07, 6.45) is -2.22. The minimum Gasteiger partial charge on any atom is -0.484 e. The van der Waals surface area contributed by atoms with Gasteiger partial charge in [0.1, 0.15) is 5.75 Å². The van der Waals surface area contributed by atoms with Crippen LogP contribution in [0.15, 0.2) is 24.3 Å². The molecule has 2 aliphatic rings. The molecule has 1 saturated heterocycles. The SMILES string of the molecule is CC(C(N)=O)C1(O)CCC2(CCN(c3ccc(OCC(F)(F)F)cc3)C2=O)CC1. The molecule has 1 aromatic carbocycles. The van der Waals surface area contributed by atoms with Crippen LogP contribution in [0.3, 0.4) is 0 Å². The predicted molar refractivity (Wildman–Crippen MR) is 99.2 cm³/mol. The Balaban J connectivity index is 1.65. The number of benzene rings is 1. The van der Waals surface area contributed by atoms with E-state index in [1.807, 2.05) is 0 Å². The second-order valence-corrected chi connectivity index (χ2v) is 8.11. The normalized spacial score (nSPS) is 28.6. The zero-order valence-corrected chi connectivity index (χ0v) is 16.2. The van der Waals surface area contributed by atoms with Crippen molar-refractivity contribution in [3.05, 3.63) is 24.3 Å². The number of carbonyl (C=O) groups is 2. The lowest BCUT2D eigenvalue weighted by Crippen LogP contribution is -2.49. The molecule has 1 saturated carbocycles. The summed E-state index contributed by atoms with van der Waals surface area (Å²) in [5.74, 6) is -1.22. The molecule has 9 heteroatoms. The third-order valence-electron chi connectivity index (χ3n) is 6.37. The Morgan fingerprint density at radius 1 is 1.21 bits per heavy atom. The molecule has 160 valence electrons. The highest BCUT2D eigenvalue weighted by Gasteiger charge is 2.53. The molecule has 1 spiro atoms. The molecule has 1 atom stereocenters. The molecule has 1 aliphatic carbocycles. The molecule has 6 nitrogen and oxygen atoms in total. The van der Waals surface area contributed by atoms with E-state index in [1.165, 1.54) is 12.1 Å². The van der Waals surface area contributed by atoms with Gasteiger partial charge in [0.25, 0.3) is 0 Å². The Morgan fingerprint density at radius 3 is 2.31 bits per heavy atom. The summed E-state index contributed by atoms with van der Waals surface area (Å²) >= 11 is 0. The van der Waals surface area contributed by atoms with E-state index < -0.39 is 35.6 Å². The molecule has 0 radical (unpaired) electrons. The minimum absolute atomic E-state index is 0.0600. The molecule has 3 N–H and O–H groups in total. The summed E-state index contributed by atoms with van der Waals surface area (Å²) in [4.78, 5) is 26.2. The van der Waals surface area contributed by atoms with Gasteiger partial charge in [-0.05, 0) is 56.4 Å². The van der Waals surface area contributed by atoms with Crippen LogP contribution in [0.5, 0.6) is 5.75 Å². The lowest BCUT2D eigenvalue weighted by Gasteiger charge is -2.43. The van der Waals surface area contributed by atoms with E-state index in [0.717, 1.165) is 0 Å². The maximum absolute atomic E-state index is 13.1. The molecule has 1 unspecified atom stereocenters. The average molecular weight is 414 g/mol. The highest BCUT2D eigenvalue weighted by Crippen LogP contribution is 2.50. The fourth-order valence-corrected chi connectivity index (χ4v) is 4.28. The number of hydrogen-bond donors (Lipinski definition) is 2. The standard InChI is InChI=1S/C20H25F3N2O4/c1-13(16(24)26)19(28)8-6-18(7-9-19)10-11-25(17(18)27)14-2-4-15(5-3-14)29-12-20(21,22)23/h2-5,13,28H,6-12H2,1H3,(H2,24,26). The number of halogens is 3. The van der Waals surface area contributed by atoms with Gasteiger partial charge >= 0.3 is 6.18 Å². The molecule has 0 aromatic heterocycles. The molecule has 3 rings (SSSR count). The van der Waals surface area contributed by atoms with Crippen molar-refractivity contribution < 1.29 is 32.6 Å². The van der Waals surface area contributed by atoms with Crippen LogP contribution in [0.25, 0.3) is 0 Å². The van der Waals surface area contributed by atoms with E-state index in [1.54, 1.807) is 24.0 Å². The van der Waals surface area contributed by atoms with Gasteiger partial charge in [0.05, 0.1) is 16.9 Å². The summed E-state index contributed by atoms with van der Waals surface area (Å²) < 4.78 is 41.4. The van der Waals surface area contributed by atoms with Crippen molar-refractivity contribution in [3.63, 3.8) is 0 Å². The summed E-state index contributed by atoms with van der Waals surface area (Å²) in [6.45, 7) is 0.724. The van der Waals surface area contributed by atoms with Crippen molar-refractivity contribution in [2.24, 2.45) is 17.1 Å². The molecule has 29 heavy (non-hydrogen) atoms. The number of carbonyl (C=O) groups excluding carboxylic acids is 2. The monoisotopic (exact) mass is 414 g/mol. The lowest BCUT2D eigenvalue weighted by molar-refractivity contribution is -0.153. The number of hydrogen-bond acceptors (Lipinski definition) is 4. The predicted octanol–water partition coefficient (Wildman–Crippen LogP) is 2.78. The van der Waals surface area contributed by atoms with Gasteiger partial charge in [0.15, 0.2) is 6.61 Å². The average Bonchev–Trinajstić information content (AvgIpc) is 2.98. The third kappa shape index (κ3) is 4.34. The summed E-state index contributed by atoms with van der Waals surface area (Å²) in [5, 5.41) is 10.7. The van der Waals surface area contributed by atoms with Crippen LogP contribution >= 0.6 is 0 Å². The van der Waals surface area contributed by atoms with Gasteiger partial charge in [0, 0.05) is 12.2 Å². The molecular formula is C20H25F3N2O4. The van der Waals surface area contributed by atoms with Crippen LogP contribution in [0.4, 0.5) is 18.9 Å². The van der Waals surface area contributed by atoms with E-state index in [9.17, 15) is 27.9 Å². The van der Waals surface area contributed by atoms with Crippen molar-refractivity contribution >= 4 is 17.5 Å². The number of primary amides is 1. The van der Waals surface area contributed by atoms with Gasteiger partial charge in [-0.3, -0.25) is 9.59 Å². The van der Waals surface area contributed by atoms with Crippen LogP contribution in [0.1, 0.15) is 39.0 Å². The van der Waals surface area contributed by atoms with Crippen molar-refractivity contribution in [2.45, 2.75) is 50.8 Å². The Bertz CT molecular complexity index is 771. The number of anilines is 1. The Labute approximate surface area is 166 Å². The third-order valence-corrected chi connectivity index (χ3v) is 6.37. The topological polar surface area (TPSA) is 92.9 Å². The number of aliphatic hydroxyl groups is 1. The maximum Gasteiger partial charge on any atom is 0.422 e. The lowest BCUT2D eigenvalue weighted by atomic mass is 9.64. The molecule has 2 fully saturated rings. The van der Waals surface area contributed by atoms with Gasteiger partial charge in [-0.15, -0.1) is 0 Å². The number of rotatable bonds is 5. The van der Waals surface area contributed by atoms with Crippen LogP contribution in [-0.4, -0.2) is 41.8 Å². The first-order chi connectivity index (χ1) is 13.5. The number of nitrogens with zero attached hydrogens (tertiary/aromatic N) is 1. The van der Waals surface area contributed by atoms with Crippen LogP contribution in [0.2, 0.25) is 0 Å². The van der Waals surface area contributed by atoms with Crippen molar-refractivity contribution in [1.29, 1.82) is 0 Å². The van der Waals surface area contributed by atoms with Gasteiger partial charge < -0.3 is 20.5 Å². The van der Waals surface area contributed by atoms with E-state index in [-0.39, 0.29) is 11.7 Å². The summed E-state index contributed by atoms with van der Waals surface area (Å²) in [7, 11) is 0. The van der Waals surface area contributed by atoms with Crippen molar-refractivity contribution in [3.8, 4) is 5.75 Å². The first kappa shape index (κ1) is 21.4. The molecule has 1 heterocycles. The van der Waals surface area contributed by atoms with E-state index >= 15 is 0 Å². The zero-order chi connectivity index (χ0) is 21.4. The van der Waals surface area contributed by atoms with Gasteiger partial charge in [0.2, 0.25) is 11.8 Å². The van der Waals surface area contributed by atoms with Gasteiger partial charge in [-0.25, -0.2) is 0 Å². The first-order valence-electron chi connectivity index (χ1n) is 9.59. The molecule has 0 bridgehead atoms. The van der Waals surface area contributed by atoms with E-state index in [2.05, 4.69) is 0 Å². The number of ether oxygens (including phenoxy) is 1. The summed E-state index contributed by atoms with van der Waals surface area (Å²) in [5.41, 5.74) is 4.15. The smallest absolute Gasteiger partial charge is 0.422 e.